The van der Waals surface area contributed by atoms with Crippen molar-refractivity contribution >= 4 is 11.8 Å². The Morgan fingerprint density at radius 1 is 1.13 bits per heavy atom. The first-order valence-corrected chi connectivity index (χ1v) is 13.5. The molecule has 0 spiro atoms. The van der Waals surface area contributed by atoms with Crippen LogP contribution >= 0.6 is 0 Å². The first-order valence-electron chi connectivity index (χ1n) is 13.5. The molecule has 1 saturated carbocycles. The second-order valence-electron chi connectivity index (χ2n) is 10.5. The average molecular weight is 516 g/mol. The normalized spacial score (nSPS) is 20.7. The molecule has 198 valence electrons. The Morgan fingerprint density at radius 3 is 2.74 bits per heavy atom. The first kappa shape index (κ1) is 24.7. The number of ether oxygens (including phenoxy) is 2. The third kappa shape index (κ3) is 5.31. The lowest BCUT2D eigenvalue weighted by Crippen LogP contribution is -2.41. The number of carbonyl (C=O) groups excluding carboxylic acids is 2. The number of aromatic nitrogens is 1. The van der Waals surface area contributed by atoms with E-state index in [9.17, 15) is 9.59 Å². The summed E-state index contributed by atoms with van der Waals surface area (Å²) in [7, 11) is 0. The van der Waals surface area contributed by atoms with Gasteiger partial charge in [-0.2, -0.15) is 0 Å². The molecule has 0 unspecified atom stereocenters. The summed E-state index contributed by atoms with van der Waals surface area (Å²) < 4.78 is 17.1. The zero-order valence-electron chi connectivity index (χ0n) is 21.7. The number of fused-ring (bicyclic) bond motifs is 1. The molecule has 38 heavy (non-hydrogen) atoms. The molecule has 3 heterocycles. The van der Waals surface area contributed by atoms with Crippen LogP contribution in [-0.2, 0) is 22.6 Å². The molecule has 6 rings (SSSR count). The van der Waals surface area contributed by atoms with Gasteiger partial charge in [-0.3, -0.25) is 9.59 Å². The fourth-order valence-corrected chi connectivity index (χ4v) is 5.32. The molecule has 2 amide bonds. The lowest BCUT2D eigenvalue weighted by Gasteiger charge is -2.38. The van der Waals surface area contributed by atoms with Gasteiger partial charge in [-0.05, 0) is 67.9 Å². The van der Waals surface area contributed by atoms with Crippen LogP contribution in [0.2, 0.25) is 0 Å². The highest BCUT2D eigenvalue weighted by Crippen LogP contribution is 2.41. The number of benzene rings is 2. The molecule has 0 bridgehead atoms. The lowest BCUT2D eigenvalue weighted by atomic mass is 9.87. The van der Waals surface area contributed by atoms with E-state index in [-0.39, 0.29) is 42.2 Å². The van der Waals surface area contributed by atoms with E-state index in [0.717, 1.165) is 56.4 Å². The van der Waals surface area contributed by atoms with Crippen molar-refractivity contribution in [3.63, 3.8) is 0 Å². The molecule has 0 radical (unpaired) electrons. The second kappa shape index (κ2) is 10.6. The molecule has 1 N–H and O–H groups in total. The van der Waals surface area contributed by atoms with E-state index in [1.807, 2.05) is 17.0 Å². The standard InChI is InChI=1S/C30H33N3O5/c1-19-4-6-21(7-5-19)28-25-15-23(11-10-20(25)12-13-33(28)30(35)22-8-9-22)37-18-27-32-26(17-38-27)29(34)31-16-24-3-2-14-36-24/h4-7,10-11,15,17,22,24,28H,2-3,8-9,12-14,16,18H2,1H3,(H,31,34)/t24-,28-/m1/s1. The van der Waals surface area contributed by atoms with Crippen molar-refractivity contribution in [2.45, 2.75) is 57.8 Å². The summed E-state index contributed by atoms with van der Waals surface area (Å²) in [4.78, 5) is 32.0. The van der Waals surface area contributed by atoms with Crippen LogP contribution in [0.15, 0.2) is 53.1 Å². The molecule has 2 atom stereocenters. The molecule has 8 heteroatoms. The Balaban J connectivity index is 1.16. The van der Waals surface area contributed by atoms with Gasteiger partial charge in [0.2, 0.25) is 11.8 Å². The van der Waals surface area contributed by atoms with E-state index in [2.05, 4.69) is 47.6 Å². The molecular formula is C30H33N3O5. The number of aryl methyl sites for hydroxylation is 1. The lowest BCUT2D eigenvalue weighted by molar-refractivity contribution is -0.134. The second-order valence-corrected chi connectivity index (χ2v) is 10.5. The van der Waals surface area contributed by atoms with E-state index in [0.29, 0.717) is 18.2 Å². The maximum absolute atomic E-state index is 13.2. The molecule has 3 aliphatic rings. The van der Waals surface area contributed by atoms with Crippen LogP contribution < -0.4 is 10.1 Å². The number of hydrogen-bond donors (Lipinski definition) is 1. The van der Waals surface area contributed by atoms with Crippen LogP contribution in [0.4, 0.5) is 0 Å². The Bertz CT molecular complexity index is 1310. The van der Waals surface area contributed by atoms with E-state index in [1.165, 1.54) is 17.4 Å². The van der Waals surface area contributed by atoms with Gasteiger partial charge in [-0.25, -0.2) is 4.98 Å². The summed E-state index contributed by atoms with van der Waals surface area (Å²) in [5.74, 6) is 1.11. The third-order valence-electron chi connectivity index (χ3n) is 7.61. The van der Waals surface area contributed by atoms with Gasteiger partial charge < -0.3 is 24.1 Å². The Labute approximate surface area is 222 Å². The van der Waals surface area contributed by atoms with E-state index >= 15 is 0 Å². The summed E-state index contributed by atoms with van der Waals surface area (Å²) in [5, 5.41) is 2.85. The van der Waals surface area contributed by atoms with E-state index in [4.69, 9.17) is 13.9 Å². The number of nitrogens with zero attached hydrogens (tertiary/aromatic N) is 2. The number of rotatable bonds is 8. The summed E-state index contributed by atoms with van der Waals surface area (Å²) in [6.45, 7) is 4.09. The summed E-state index contributed by atoms with van der Waals surface area (Å²) in [5.41, 5.74) is 4.83. The molecule has 2 fully saturated rings. The highest BCUT2D eigenvalue weighted by atomic mass is 16.5. The van der Waals surface area contributed by atoms with Gasteiger partial charge in [-0.1, -0.05) is 35.9 Å². The van der Waals surface area contributed by atoms with Gasteiger partial charge >= 0.3 is 0 Å². The van der Waals surface area contributed by atoms with Gasteiger partial charge in [0, 0.05) is 25.6 Å². The molecule has 1 aliphatic carbocycles. The van der Waals surface area contributed by atoms with E-state index in [1.54, 1.807) is 0 Å². The van der Waals surface area contributed by atoms with Crippen molar-refractivity contribution in [1.29, 1.82) is 0 Å². The third-order valence-corrected chi connectivity index (χ3v) is 7.61. The molecule has 3 aromatic rings. The van der Waals surface area contributed by atoms with Gasteiger partial charge in [0.25, 0.3) is 5.91 Å². The number of nitrogens with one attached hydrogen (secondary N) is 1. The quantitative estimate of drug-likeness (QED) is 0.479. The topological polar surface area (TPSA) is 93.9 Å². The van der Waals surface area contributed by atoms with Gasteiger partial charge in [-0.15, -0.1) is 0 Å². The maximum Gasteiger partial charge on any atom is 0.273 e. The SMILES string of the molecule is Cc1ccc([C@@H]2c3cc(OCc4nc(C(=O)NC[C@H]5CCCO5)co4)ccc3CCN2C(=O)C2CC2)cc1. The van der Waals surface area contributed by atoms with Crippen molar-refractivity contribution in [1.82, 2.24) is 15.2 Å². The molecule has 1 saturated heterocycles. The summed E-state index contributed by atoms with van der Waals surface area (Å²) in [6.07, 6.45) is 6.18. The van der Waals surface area contributed by atoms with Gasteiger partial charge in [0.15, 0.2) is 12.3 Å². The number of hydrogen-bond acceptors (Lipinski definition) is 6. The van der Waals surface area contributed by atoms with Crippen molar-refractivity contribution in [3.8, 4) is 5.75 Å². The van der Waals surface area contributed by atoms with Crippen LogP contribution in [0.3, 0.4) is 0 Å². The predicted octanol–water partition coefficient (Wildman–Crippen LogP) is 4.35. The van der Waals surface area contributed by atoms with Crippen molar-refractivity contribution < 1.29 is 23.5 Å². The number of amides is 2. The van der Waals surface area contributed by atoms with Crippen LogP contribution in [0, 0.1) is 12.8 Å². The van der Waals surface area contributed by atoms with Gasteiger partial charge in [0.05, 0.1) is 12.1 Å². The van der Waals surface area contributed by atoms with Crippen LogP contribution in [0.25, 0.3) is 0 Å². The first-order chi connectivity index (χ1) is 18.5. The monoisotopic (exact) mass is 515 g/mol. The Hall–Kier alpha value is -3.65. The molecular weight excluding hydrogens is 482 g/mol. The fourth-order valence-electron chi connectivity index (χ4n) is 5.32. The minimum Gasteiger partial charge on any atom is -0.484 e. The molecule has 2 aromatic carbocycles. The zero-order valence-corrected chi connectivity index (χ0v) is 21.7. The van der Waals surface area contributed by atoms with Crippen LogP contribution in [-0.4, -0.2) is 47.5 Å². The fraction of sp³-hybridized carbons (Fsp3) is 0.433. The summed E-state index contributed by atoms with van der Waals surface area (Å²) in [6, 6.07) is 14.4. The largest absolute Gasteiger partial charge is 0.484 e. The van der Waals surface area contributed by atoms with E-state index < -0.39 is 0 Å². The maximum atomic E-state index is 13.2. The van der Waals surface area contributed by atoms with Crippen LogP contribution in [0.1, 0.15) is 70.4 Å². The van der Waals surface area contributed by atoms with Crippen LogP contribution in [0.5, 0.6) is 5.75 Å². The molecule has 8 nitrogen and oxygen atoms in total. The Kier molecular flexibility index (Phi) is 6.89. The molecule has 1 aromatic heterocycles. The number of carbonyl (C=O) groups is 2. The van der Waals surface area contributed by atoms with Crippen molar-refractivity contribution in [3.05, 3.63) is 82.6 Å². The summed E-state index contributed by atoms with van der Waals surface area (Å²) >= 11 is 0. The highest BCUT2D eigenvalue weighted by Gasteiger charge is 2.39. The minimum absolute atomic E-state index is 0.0666. The molecule has 2 aliphatic heterocycles. The smallest absolute Gasteiger partial charge is 0.273 e. The van der Waals surface area contributed by atoms with Gasteiger partial charge in [0.1, 0.15) is 12.0 Å². The minimum atomic E-state index is -0.286. The highest BCUT2D eigenvalue weighted by molar-refractivity contribution is 5.91. The zero-order chi connectivity index (χ0) is 26.1. The van der Waals surface area contributed by atoms with Crippen molar-refractivity contribution in [2.24, 2.45) is 5.92 Å². The number of oxazole rings is 1. The predicted molar refractivity (Wildman–Crippen MR) is 140 cm³/mol. The average Bonchev–Trinajstić information content (AvgIpc) is 3.44. The van der Waals surface area contributed by atoms with Crippen molar-refractivity contribution in [2.75, 3.05) is 19.7 Å². The Morgan fingerprint density at radius 2 is 1.97 bits per heavy atom.